The Morgan fingerprint density at radius 3 is 2.26 bits per heavy atom. The van der Waals surface area contributed by atoms with Gasteiger partial charge in [-0.05, 0) is 55.0 Å². The Labute approximate surface area is 136 Å². The van der Waals surface area contributed by atoms with Crippen LogP contribution in [0, 0.1) is 5.92 Å². The lowest BCUT2D eigenvalue weighted by Gasteiger charge is -2.13. The highest BCUT2D eigenvalue weighted by molar-refractivity contribution is 9.10. The second kappa shape index (κ2) is 7.61. The minimum absolute atomic E-state index is 0.671. The molecule has 0 bridgehead atoms. The third-order valence-electron chi connectivity index (χ3n) is 3.21. The quantitative estimate of drug-likeness (QED) is 0.531. The molecular weight excluding hydrogens is 384 g/mol. The number of hydrogen-bond donors (Lipinski definition) is 0. The van der Waals surface area contributed by atoms with Crippen molar-refractivity contribution in [2.45, 2.75) is 26.2 Å². The summed E-state index contributed by atoms with van der Waals surface area (Å²) in [4.78, 5) is 3.00. The van der Waals surface area contributed by atoms with Gasteiger partial charge in [0.2, 0.25) is 0 Å². The number of rotatable bonds is 6. The molecule has 0 saturated carbocycles. The molecular formula is C16H18Br2S. The molecule has 0 aliphatic rings. The van der Waals surface area contributed by atoms with Gasteiger partial charge >= 0.3 is 0 Å². The molecule has 19 heavy (non-hydrogen) atoms. The molecule has 1 atom stereocenters. The van der Waals surface area contributed by atoms with Gasteiger partial charge in [0, 0.05) is 19.6 Å². The Bertz CT molecular complexity index is 502. The average Bonchev–Trinajstić information content (AvgIpc) is 2.88. The van der Waals surface area contributed by atoms with Crippen LogP contribution in [0.1, 0.15) is 22.2 Å². The van der Waals surface area contributed by atoms with Crippen LogP contribution in [0.25, 0.3) is 0 Å². The van der Waals surface area contributed by atoms with Crippen molar-refractivity contribution in [3.8, 4) is 0 Å². The van der Waals surface area contributed by atoms with Crippen molar-refractivity contribution in [1.82, 2.24) is 0 Å². The van der Waals surface area contributed by atoms with Gasteiger partial charge in [0.15, 0.2) is 0 Å². The van der Waals surface area contributed by atoms with Crippen LogP contribution in [0.3, 0.4) is 0 Å². The van der Waals surface area contributed by atoms with Gasteiger partial charge in [0.25, 0.3) is 0 Å². The van der Waals surface area contributed by atoms with Crippen molar-refractivity contribution < 1.29 is 0 Å². The fourth-order valence-corrected chi connectivity index (χ4v) is 3.94. The Hall–Kier alpha value is -0.120. The summed E-state index contributed by atoms with van der Waals surface area (Å²) in [6.45, 7) is 2.22. The summed E-state index contributed by atoms with van der Waals surface area (Å²) in [7, 11) is 0. The number of hydrogen-bond acceptors (Lipinski definition) is 1. The van der Waals surface area contributed by atoms with E-state index in [0.717, 1.165) is 22.6 Å². The molecule has 0 fully saturated rings. The summed E-state index contributed by atoms with van der Waals surface area (Å²) in [5.74, 6) is 0.671. The van der Waals surface area contributed by atoms with Gasteiger partial charge in [-0.1, -0.05) is 50.9 Å². The largest absolute Gasteiger partial charge is 0.145 e. The molecule has 0 aliphatic carbocycles. The van der Waals surface area contributed by atoms with Crippen LogP contribution < -0.4 is 0 Å². The van der Waals surface area contributed by atoms with Gasteiger partial charge in [-0.25, -0.2) is 0 Å². The summed E-state index contributed by atoms with van der Waals surface area (Å²) in [5.41, 5.74) is 1.42. The average molecular weight is 402 g/mol. The van der Waals surface area contributed by atoms with Crippen molar-refractivity contribution in [2.75, 3.05) is 5.33 Å². The lowest BCUT2D eigenvalue weighted by Crippen LogP contribution is -2.09. The Morgan fingerprint density at radius 2 is 1.68 bits per heavy atom. The molecule has 1 aromatic carbocycles. The molecule has 0 amide bonds. The van der Waals surface area contributed by atoms with E-state index in [0.29, 0.717) is 5.92 Å². The molecule has 0 saturated heterocycles. The molecule has 3 heteroatoms. The lowest BCUT2D eigenvalue weighted by molar-refractivity contribution is 0.596. The van der Waals surface area contributed by atoms with Crippen molar-refractivity contribution >= 4 is 43.2 Å². The SMILES string of the molecule is CCc1ccc(CC(CBr)Cc2ccc(Br)cc2)s1. The first-order valence-electron chi connectivity index (χ1n) is 6.59. The standard InChI is InChI=1S/C16H18Br2S/c1-2-15-7-8-16(19-15)10-13(11-17)9-12-3-5-14(18)6-4-12/h3-8,13H,2,9-11H2,1H3. The van der Waals surface area contributed by atoms with E-state index in [1.54, 1.807) is 0 Å². The van der Waals surface area contributed by atoms with Gasteiger partial charge < -0.3 is 0 Å². The zero-order chi connectivity index (χ0) is 13.7. The highest BCUT2D eigenvalue weighted by Crippen LogP contribution is 2.23. The van der Waals surface area contributed by atoms with Crippen LogP contribution in [0.2, 0.25) is 0 Å². The van der Waals surface area contributed by atoms with Crippen LogP contribution in [0.15, 0.2) is 40.9 Å². The zero-order valence-corrected chi connectivity index (χ0v) is 15.0. The van der Waals surface area contributed by atoms with Crippen LogP contribution in [0.5, 0.6) is 0 Å². The summed E-state index contributed by atoms with van der Waals surface area (Å²) < 4.78 is 1.15. The van der Waals surface area contributed by atoms with E-state index in [1.165, 1.54) is 21.7 Å². The van der Waals surface area contributed by atoms with Gasteiger partial charge in [0.05, 0.1) is 0 Å². The topological polar surface area (TPSA) is 0 Å². The molecule has 1 heterocycles. The molecule has 2 aromatic rings. The van der Waals surface area contributed by atoms with Gasteiger partial charge in [0.1, 0.15) is 0 Å². The van der Waals surface area contributed by atoms with Crippen LogP contribution in [-0.4, -0.2) is 5.33 Å². The summed E-state index contributed by atoms with van der Waals surface area (Å²) in [6, 6.07) is 13.2. The van der Waals surface area contributed by atoms with E-state index in [-0.39, 0.29) is 0 Å². The number of benzene rings is 1. The first-order chi connectivity index (χ1) is 9.21. The molecule has 1 aromatic heterocycles. The van der Waals surface area contributed by atoms with E-state index >= 15 is 0 Å². The van der Waals surface area contributed by atoms with Crippen LogP contribution in [-0.2, 0) is 19.3 Å². The minimum atomic E-state index is 0.671. The van der Waals surface area contributed by atoms with Gasteiger partial charge in [-0.3, -0.25) is 0 Å². The fourth-order valence-electron chi connectivity index (χ4n) is 2.14. The zero-order valence-electron chi connectivity index (χ0n) is 11.0. The maximum atomic E-state index is 3.66. The van der Waals surface area contributed by atoms with Gasteiger partial charge in [-0.2, -0.15) is 0 Å². The van der Waals surface area contributed by atoms with Crippen LogP contribution in [0.4, 0.5) is 0 Å². The Balaban J connectivity index is 1.98. The van der Waals surface area contributed by atoms with Crippen molar-refractivity contribution in [1.29, 1.82) is 0 Å². The monoisotopic (exact) mass is 400 g/mol. The predicted octanol–water partition coefficient (Wildman–Crippen LogP) is 5.87. The van der Waals surface area contributed by atoms with Crippen molar-refractivity contribution in [3.05, 3.63) is 56.2 Å². The Kier molecular flexibility index (Phi) is 6.11. The lowest BCUT2D eigenvalue weighted by atomic mass is 9.97. The maximum absolute atomic E-state index is 3.66. The molecule has 0 aliphatic heterocycles. The number of aryl methyl sites for hydroxylation is 1. The molecule has 0 spiro atoms. The minimum Gasteiger partial charge on any atom is -0.145 e. The summed E-state index contributed by atoms with van der Waals surface area (Å²) in [5, 5.41) is 1.06. The Morgan fingerprint density at radius 1 is 1.00 bits per heavy atom. The summed E-state index contributed by atoms with van der Waals surface area (Å²) in [6.07, 6.45) is 3.46. The van der Waals surface area contributed by atoms with E-state index in [9.17, 15) is 0 Å². The first-order valence-corrected chi connectivity index (χ1v) is 9.32. The van der Waals surface area contributed by atoms with Crippen molar-refractivity contribution in [3.63, 3.8) is 0 Å². The van der Waals surface area contributed by atoms with Crippen molar-refractivity contribution in [2.24, 2.45) is 5.92 Å². The third kappa shape index (κ3) is 4.73. The number of thiophene rings is 1. The molecule has 0 radical (unpaired) electrons. The number of halogens is 2. The number of alkyl halides is 1. The van der Waals surface area contributed by atoms with Gasteiger partial charge in [-0.15, -0.1) is 11.3 Å². The molecule has 0 nitrogen and oxygen atoms in total. The van der Waals surface area contributed by atoms with Crippen LogP contribution >= 0.6 is 43.2 Å². The highest BCUT2D eigenvalue weighted by Gasteiger charge is 2.11. The first kappa shape index (κ1) is 15.3. The highest BCUT2D eigenvalue weighted by atomic mass is 79.9. The smallest absolute Gasteiger partial charge is 0.0175 e. The van der Waals surface area contributed by atoms with E-state index < -0.39 is 0 Å². The molecule has 2 rings (SSSR count). The second-order valence-electron chi connectivity index (χ2n) is 4.78. The van der Waals surface area contributed by atoms with E-state index in [1.807, 2.05) is 11.3 Å². The third-order valence-corrected chi connectivity index (χ3v) is 5.91. The van der Waals surface area contributed by atoms with E-state index in [4.69, 9.17) is 0 Å². The molecule has 1 unspecified atom stereocenters. The predicted molar refractivity (Wildman–Crippen MR) is 92.5 cm³/mol. The summed E-state index contributed by atoms with van der Waals surface area (Å²) >= 11 is 9.11. The van der Waals surface area contributed by atoms with E-state index in [2.05, 4.69) is 75.2 Å². The molecule has 0 N–H and O–H groups in total. The fraction of sp³-hybridized carbons (Fsp3) is 0.375. The molecule has 102 valence electrons. The normalized spacial score (nSPS) is 12.6. The second-order valence-corrected chi connectivity index (χ2v) is 7.59. The maximum Gasteiger partial charge on any atom is 0.0175 e.